The van der Waals surface area contributed by atoms with Crippen LogP contribution in [0.3, 0.4) is 0 Å². The van der Waals surface area contributed by atoms with E-state index in [0.29, 0.717) is 6.42 Å². The van der Waals surface area contributed by atoms with E-state index in [2.05, 4.69) is 30.3 Å². The molecular weight excluding hydrogens is 248 g/mol. The number of nitrogens with zero attached hydrogens (tertiary/aromatic N) is 1. The first-order valence-electron chi connectivity index (χ1n) is 7.72. The summed E-state index contributed by atoms with van der Waals surface area (Å²) in [6.45, 7) is 3.71. The van der Waals surface area contributed by atoms with Gasteiger partial charge >= 0.3 is 0 Å². The number of hydrogen-bond acceptors (Lipinski definition) is 2. The number of likely N-dealkylation sites (tertiary alicyclic amines) is 1. The second-order valence-corrected chi connectivity index (χ2v) is 6.03. The predicted molar refractivity (Wildman–Crippen MR) is 82.3 cm³/mol. The van der Waals surface area contributed by atoms with Crippen LogP contribution in [0, 0.1) is 5.92 Å². The van der Waals surface area contributed by atoms with Gasteiger partial charge in [0.05, 0.1) is 0 Å². The maximum atomic E-state index is 11.9. The number of amides is 1. The summed E-state index contributed by atoms with van der Waals surface area (Å²) in [5.74, 6) is 0.982. The van der Waals surface area contributed by atoms with Crippen molar-refractivity contribution in [2.24, 2.45) is 11.7 Å². The molecule has 1 amide bonds. The molecule has 0 aliphatic carbocycles. The minimum atomic E-state index is -0.0293. The highest BCUT2D eigenvalue weighted by atomic mass is 16.2. The van der Waals surface area contributed by atoms with E-state index >= 15 is 0 Å². The molecule has 1 atom stereocenters. The first-order valence-corrected chi connectivity index (χ1v) is 7.72. The quantitative estimate of drug-likeness (QED) is 0.897. The van der Waals surface area contributed by atoms with Crippen molar-refractivity contribution in [3.8, 4) is 0 Å². The zero-order valence-corrected chi connectivity index (χ0v) is 12.4. The van der Waals surface area contributed by atoms with Crippen LogP contribution in [0.5, 0.6) is 0 Å². The van der Waals surface area contributed by atoms with Crippen LogP contribution in [0.1, 0.15) is 38.2 Å². The molecule has 1 heterocycles. The zero-order valence-electron chi connectivity index (χ0n) is 12.4. The third-order valence-electron chi connectivity index (χ3n) is 4.15. The molecule has 0 bridgehead atoms. The molecule has 1 unspecified atom stereocenters. The van der Waals surface area contributed by atoms with Crippen LogP contribution in [0.2, 0.25) is 0 Å². The fourth-order valence-corrected chi connectivity index (χ4v) is 2.89. The van der Waals surface area contributed by atoms with E-state index in [-0.39, 0.29) is 11.9 Å². The normalized spacial score (nSPS) is 18.0. The number of benzene rings is 1. The Morgan fingerprint density at radius 1 is 1.30 bits per heavy atom. The maximum absolute atomic E-state index is 11.9. The van der Waals surface area contributed by atoms with Crippen molar-refractivity contribution in [2.45, 2.75) is 45.1 Å². The van der Waals surface area contributed by atoms with Gasteiger partial charge < -0.3 is 10.6 Å². The van der Waals surface area contributed by atoms with E-state index in [9.17, 15) is 4.79 Å². The van der Waals surface area contributed by atoms with Gasteiger partial charge in [-0.3, -0.25) is 4.79 Å². The van der Waals surface area contributed by atoms with Gasteiger partial charge in [-0.05, 0) is 44.1 Å². The van der Waals surface area contributed by atoms with Gasteiger partial charge in [0.15, 0.2) is 0 Å². The summed E-state index contributed by atoms with van der Waals surface area (Å²) in [5, 5.41) is 0. The van der Waals surface area contributed by atoms with Gasteiger partial charge in [-0.2, -0.15) is 0 Å². The van der Waals surface area contributed by atoms with Gasteiger partial charge in [-0.1, -0.05) is 30.3 Å². The van der Waals surface area contributed by atoms with Crippen molar-refractivity contribution < 1.29 is 4.79 Å². The fourth-order valence-electron chi connectivity index (χ4n) is 2.89. The number of piperidine rings is 1. The molecule has 1 aromatic rings. The first-order chi connectivity index (χ1) is 9.65. The van der Waals surface area contributed by atoms with E-state index in [1.54, 1.807) is 0 Å². The molecule has 0 aromatic heterocycles. The van der Waals surface area contributed by atoms with Crippen LogP contribution in [0.15, 0.2) is 30.3 Å². The van der Waals surface area contributed by atoms with Crippen LogP contribution >= 0.6 is 0 Å². The molecule has 1 aromatic carbocycles. The van der Waals surface area contributed by atoms with Gasteiger partial charge in [0.1, 0.15) is 0 Å². The highest BCUT2D eigenvalue weighted by Gasteiger charge is 2.22. The lowest BCUT2D eigenvalue weighted by molar-refractivity contribution is -0.132. The van der Waals surface area contributed by atoms with E-state index < -0.39 is 0 Å². The fraction of sp³-hybridized carbons (Fsp3) is 0.588. The zero-order chi connectivity index (χ0) is 14.4. The maximum Gasteiger partial charge on any atom is 0.224 e. The van der Waals surface area contributed by atoms with E-state index in [1.807, 2.05) is 11.8 Å². The van der Waals surface area contributed by atoms with Crippen molar-refractivity contribution in [1.29, 1.82) is 0 Å². The lowest BCUT2D eigenvalue weighted by atomic mass is 9.90. The highest BCUT2D eigenvalue weighted by Crippen LogP contribution is 2.22. The first kappa shape index (κ1) is 15.0. The van der Waals surface area contributed by atoms with Crippen LogP contribution in [-0.2, 0) is 11.2 Å². The molecule has 3 nitrogen and oxygen atoms in total. The molecule has 1 aliphatic rings. The Bertz CT molecular complexity index is 408. The van der Waals surface area contributed by atoms with Crippen LogP contribution < -0.4 is 5.73 Å². The third kappa shape index (κ3) is 4.64. The molecule has 2 N–H and O–H groups in total. The summed E-state index contributed by atoms with van der Waals surface area (Å²) >= 11 is 0. The number of aryl methyl sites for hydroxylation is 1. The third-order valence-corrected chi connectivity index (χ3v) is 4.15. The number of hydrogen-bond donors (Lipinski definition) is 1. The summed E-state index contributed by atoms with van der Waals surface area (Å²) in [5.41, 5.74) is 7.11. The summed E-state index contributed by atoms with van der Waals surface area (Å²) in [6.07, 6.45) is 5.14. The summed E-state index contributed by atoms with van der Waals surface area (Å²) in [7, 11) is 0. The molecule has 2 rings (SSSR count). The summed E-state index contributed by atoms with van der Waals surface area (Å²) in [4.78, 5) is 13.9. The van der Waals surface area contributed by atoms with Crippen molar-refractivity contribution in [3.63, 3.8) is 0 Å². The molecule has 1 saturated heterocycles. The minimum absolute atomic E-state index is 0.0293. The van der Waals surface area contributed by atoms with Gasteiger partial charge in [0.2, 0.25) is 5.91 Å². The van der Waals surface area contributed by atoms with Crippen LogP contribution in [-0.4, -0.2) is 29.9 Å². The van der Waals surface area contributed by atoms with Crippen molar-refractivity contribution in [2.75, 3.05) is 13.1 Å². The standard InChI is InChI=1S/C17H26N2O/c1-14(18)13-17(20)19-11-9-16(10-12-19)8-7-15-5-3-2-4-6-15/h2-6,14,16H,7-13,18H2,1H3. The molecule has 1 fully saturated rings. The largest absolute Gasteiger partial charge is 0.343 e. The Morgan fingerprint density at radius 2 is 1.95 bits per heavy atom. The van der Waals surface area contributed by atoms with Crippen molar-refractivity contribution in [1.82, 2.24) is 4.90 Å². The van der Waals surface area contributed by atoms with Gasteiger partial charge in [0, 0.05) is 25.6 Å². The van der Waals surface area contributed by atoms with Gasteiger partial charge in [-0.25, -0.2) is 0 Å². The second-order valence-electron chi connectivity index (χ2n) is 6.03. The number of carbonyl (C=O) groups excluding carboxylic acids is 1. The smallest absolute Gasteiger partial charge is 0.224 e. The topological polar surface area (TPSA) is 46.3 Å². The molecule has 3 heteroatoms. The Hall–Kier alpha value is -1.35. The molecule has 20 heavy (non-hydrogen) atoms. The summed E-state index contributed by atoms with van der Waals surface area (Å²) in [6, 6.07) is 10.6. The molecule has 110 valence electrons. The minimum Gasteiger partial charge on any atom is -0.343 e. The second kappa shape index (κ2) is 7.44. The Balaban J connectivity index is 1.70. The average Bonchev–Trinajstić information content (AvgIpc) is 2.46. The van der Waals surface area contributed by atoms with Gasteiger partial charge in [-0.15, -0.1) is 0 Å². The lowest BCUT2D eigenvalue weighted by Crippen LogP contribution is -2.40. The molecule has 1 aliphatic heterocycles. The Labute approximate surface area is 122 Å². The number of carbonyl (C=O) groups is 1. The Kier molecular flexibility index (Phi) is 5.60. The lowest BCUT2D eigenvalue weighted by Gasteiger charge is -2.32. The number of rotatable bonds is 5. The molecule has 0 spiro atoms. The highest BCUT2D eigenvalue weighted by molar-refractivity contribution is 5.76. The van der Waals surface area contributed by atoms with Crippen molar-refractivity contribution in [3.05, 3.63) is 35.9 Å². The molecule has 0 saturated carbocycles. The van der Waals surface area contributed by atoms with Crippen LogP contribution in [0.4, 0.5) is 0 Å². The monoisotopic (exact) mass is 274 g/mol. The number of nitrogens with two attached hydrogens (primary N) is 1. The molecular formula is C17H26N2O. The average molecular weight is 274 g/mol. The summed E-state index contributed by atoms with van der Waals surface area (Å²) < 4.78 is 0. The van der Waals surface area contributed by atoms with E-state index in [0.717, 1.165) is 38.3 Å². The van der Waals surface area contributed by atoms with Crippen LogP contribution in [0.25, 0.3) is 0 Å². The van der Waals surface area contributed by atoms with Gasteiger partial charge in [0.25, 0.3) is 0 Å². The van der Waals surface area contributed by atoms with E-state index in [4.69, 9.17) is 5.73 Å². The van der Waals surface area contributed by atoms with E-state index in [1.165, 1.54) is 12.0 Å². The SMILES string of the molecule is CC(N)CC(=O)N1CCC(CCc2ccccc2)CC1. The predicted octanol–water partition coefficient (Wildman–Crippen LogP) is 2.60. The van der Waals surface area contributed by atoms with Crippen molar-refractivity contribution >= 4 is 5.91 Å². The Morgan fingerprint density at radius 3 is 2.55 bits per heavy atom. The molecule has 0 radical (unpaired) electrons.